The second-order valence-corrected chi connectivity index (χ2v) is 15.2. The van der Waals surface area contributed by atoms with Crippen molar-refractivity contribution in [2.24, 2.45) is 22.4 Å². The predicted octanol–water partition coefficient (Wildman–Crippen LogP) is -0.382. The summed E-state index contributed by atoms with van der Waals surface area (Å²) in [6.07, 6.45) is 7.30. The van der Waals surface area contributed by atoms with E-state index in [0.717, 1.165) is 37.7 Å². The molecule has 0 radical (unpaired) electrons. The molecule has 17 nitrogen and oxygen atoms in total. The van der Waals surface area contributed by atoms with Crippen molar-refractivity contribution in [2.75, 3.05) is 19.6 Å². The van der Waals surface area contributed by atoms with Crippen molar-refractivity contribution >= 4 is 47.3 Å². The number of rotatable bonds is 11. The summed E-state index contributed by atoms with van der Waals surface area (Å²) in [7, 11) is 0. The Balaban J connectivity index is 1.62. The first-order valence-electron chi connectivity index (χ1n) is 20.0. The standard InChI is InChI=1S/C39H60N10O7/c1-24-33(51)46-28(16-9-20-43-39(40)41)34(52)42-19-10-17-29(47-36(54)30(45-25(2)50)22-26-12-5-3-6-13-26)38(56)49-21-11-18-32(49)37(55)48-31(35(53)44-24)23-27-14-7-4-8-15-27/h3,5-6,12-13,24,27-32H,4,7-11,14-23H2,1-2H3,(H,42,52)(H,44,53)(H,45,50)(H,46,51)(H,47,54)(H,48,55)(H4,40,41,43)/t24-,28-,29+,30+,31+,32+/m0/s1. The number of benzene rings is 1. The van der Waals surface area contributed by atoms with Crippen LogP contribution < -0.4 is 43.4 Å². The third-order valence-electron chi connectivity index (χ3n) is 10.7. The second-order valence-electron chi connectivity index (χ2n) is 15.2. The van der Waals surface area contributed by atoms with Gasteiger partial charge in [0, 0.05) is 33.0 Å². The van der Waals surface area contributed by atoms with E-state index in [-0.39, 0.29) is 57.2 Å². The third-order valence-corrected chi connectivity index (χ3v) is 10.7. The van der Waals surface area contributed by atoms with Crippen molar-refractivity contribution in [3.05, 3.63) is 35.9 Å². The number of aliphatic imine (C=N–C) groups is 1. The fraction of sp³-hybridized carbons (Fsp3) is 0.641. The maximum Gasteiger partial charge on any atom is 0.245 e. The topological polar surface area (TPSA) is 259 Å². The molecule has 1 saturated carbocycles. The molecule has 3 fully saturated rings. The first kappa shape index (κ1) is 43.5. The summed E-state index contributed by atoms with van der Waals surface area (Å²) in [5.74, 6) is -3.46. The lowest BCUT2D eigenvalue weighted by molar-refractivity contribution is -0.142. The van der Waals surface area contributed by atoms with Crippen molar-refractivity contribution in [1.82, 2.24) is 36.8 Å². The fourth-order valence-electron chi connectivity index (χ4n) is 7.68. The maximum absolute atomic E-state index is 14.4. The van der Waals surface area contributed by atoms with Gasteiger partial charge < -0.3 is 48.3 Å². The highest BCUT2D eigenvalue weighted by molar-refractivity contribution is 5.97. The highest BCUT2D eigenvalue weighted by atomic mass is 16.2. The van der Waals surface area contributed by atoms with Crippen LogP contribution in [0.3, 0.4) is 0 Å². The Hall–Kier alpha value is -5.22. The lowest BCUT2D eigenvalue weighted by atomic mass is 9.84. The van der Waals surface area contributed by atoms with E-state index >= 15 is 0 Å². The van der Waals surface area contributed by atoms with Crippen LogP contribution in [0, 0.1) is 5.92 Å². The van der Waals surface area contributed by atoms with Crippen LogP contribution >= 0.6 is 0 Å². The Morgan fingerprint density at radius 3 is 2.27 bits per heavy atom. The molecule has 56 heavy (non-hydrogen) atoms. The molecule has 7 amide bonds. The minimum Gasteiger partial charge on any atom is -0.370 e. The average Bonchev–Trinajstić information content (AvgIpc) is 3.67. The molecule has 2 heterocycles. The molecule has 0 aromatic heterocycles. The zero-order valence-corrected chi connectivity index (χ0v) is 32.6. The Labute approximate surface area is 328 Å². The molecule has 17 heteroatoms. The number of amides is 7. The van der Waals surface area contributed by atoms with E-state index in [0.29, 0.717) is 25.7 Å². The zero-order valence-electron chi connectivity index (χ0n) is 32.6. The molecule has 4 rings (SSSR count). The van der Waals surface area contributed by atoms with Gasteiger partial charge in [-0.2, -0.15) is 0 Å². The van der Waals surface area contributed by atoms with Crippen LogP contribution in [0.15, 0.2) is 35.3 Å². The summed E-state index contributed by atoms with van der Waals surface area (Å²) < 4.78 is 0. The van der Waals surface area contributed by atoms with E-state index in [1.807, 2.05) is 30.3 Å². The van der Waals surface area contributed by atoms with Crippen LogP contribution in [0.4, 0.5) is 0 Å². The van der Waals surface area contributed by atoms with Crippen LogP contribution in [0.1, 0.15) is 96.5 Å². The summed E-state index contributed by atoms with van der Waals surface area (Å²) in [5, 5.41) is 16.8. The molecule has 2 aliphatic heterocycles. The lowest BCUT2D eigenvalue weighted by Crippen LogP contribution is -2.59. The van der Waals surface area contributed by atoms with Gasteiger partial charge >= 0.3 is 0 Å². The number of nitrogens with two attached hydrogens (primary N) is 2. The average molecular weight is 781 g/mol. The molecule has 1 aromatic carbocycles. The number of nitrogens with one attached hydrogen (secondary N) is 6. The van der Waals surface area contributed by atoms with Gasteiger partial charge in [0.1, 0.15) is 36.3 Å². The van der Waals surface area contributed by atoms with Crippen molar-refractivity contribution in [3.63, 3.8) is 0 Å². The summed E-state index contributed by atoms with van der Waals surface area (Å²) in [4.78, 5) is 100. The van der Waals surface area contributed by atoms with E-state index in [9.17, 15) is 33.6 Å². The van der Waals surface area contributed by atoms with E-state index in [4.69, 9.17) is 11.5 Å². The van der Waals surface area contributed by atoms with Gasteiger partial charge in [-0.25, -0.2) is 0 Å². The lowest BCUT2D eigenvalue weighted by Gasteiger charge is -2.32. The van der Waals surface area contributed by atoms with Gasteiger partial charge in [0.15, 0.2) is 5.96 Å². The van der Waals surface area contributed by atoms with Crippen LogP contribution in [0.25, 0.3) is 0 Å². The number of guanidine groups is 1. The highest BCUT2D eigenvalue weighted by Crippen LogP contribution is 2.28. The van der Waals surface area contributed by atoms with Gasteiger partial charge in [0.25, 0.3) is 0 Å². The van der Waals surface area contributed by atoms with E-state index < -0.39 is 77.6 Å². The monoisotopic (exact) mass is 780 g/mol. The molecule has 1 aliphatic carbocycles. The van der Waals surface area contributed by atoms with Crippen LogP contribution in [-0.2, 0) is 40.0 Å². The Kier molecular flexibility index (Phi) is 16.9. The maximum atomic E-state index is 14.4. The first-order chi connectivity index (χ1) is 26.8. The normalized spacial score (nSPS) is 25.2. The molecule has 0 bridgehead atoms. The molecular formula is C39H60N10O7. The van der Waals surface area contributed by atoms with Gasteiger partial charge in [0.2, 0.25) is 41.4 Å². The van der Waals surface area contributed by atoms with Gasteiger partial charge in [-0.1, -0.05) is 62.4 Å². The van der Waals surface area contributed by atoms with Crippen molar-refractivity contribution in [2.45, 2.75) is 134 Å². The fourth-order valence-corrected chi connectivity index (χ4v) is 7.68. The first-order valence-corrected chi connectivity index (χ1v) is 20.0. The molecule has 2 saturated heterocycles. The number of hydrogen-bond acceptors (Lipinski definition) is 8. The largest absolute Gasteiger partial charge is 0.370 e. The number of nitrogens with zero attached hydrogens (tertiary/aromatic N) is 2. The van der Waals surface area contributed by atoms with Gasteiger partial charge in [-0.3, -0.25) is 38.6 Å². The van der Waals surface area contributed by atoms with E-state index in [2.05, 4.69) is 36.9 Å². The SMILES string of the molecule is CC(=O)N[C@H](Cc1ccccc1)C(=O)N[C@@H]1CCCNC(=O)[C@H](CCCN=C(N)N)NC(=O)[C@H](C)NC(=O)[C@@H](CC2CCCCC2)NC(=O)[C@H]2CCCN2C1=O. The Morgan fingerprint density at radius 1 is 0.857 bits per heavy atom. The molecule has 0 spiro atoms. The Morgan fingerprint density at radius 2 is 1.57 bits per heavy atom. The molecule has 0 unspecified atom stereocenters. The quantitative estimate of drug-likeness (QED) is 0.0826. The van der Waals surface area contributed by atoms with E-state index in [1.54, 1.807) is 0 Å². The highest BCUT2D eigenvalue weighted by Gasteiger charge is 2.40. The number of hydrogen-bond donors (Lipinski definition) is 8. The summed E-state index contributed by atoms with van der Waals surface area (Å²) >= 11 is 0. The Bertz CT molecular complexity index is 1560. The van der Waals surface area contributed by atoms with Gasteiger partial charge in [-0.15, -0.1) is 0 Å². The zero-order chi connectivity index (χ0) is 40.6. The van der Waals surface area contributed by atoms with Crippen molar-refractivity contribution in [1.29, 1.82) is 0 Å². The second kappa shape index (κ2) is 21.8. The van der Waals surface area contributed by atoms with Crippen molar-refractivity contribution < 1.29 is 33.6 Å². The van der Waals surface area contributed by atoms with Crippen LogP contribution in [-0.4, -0.2) is 108 Å². The third kappa shape index (κ3) is 13.5. The molecule has 308 valence electrons. The van der Waals surface area contributed by atoms with Crippen molar-refractivity contribution in [3.8, 4) is 0 Å². The molecule has 1 aromatic rings. The summed E-state index contributed by atoms with van der Waals surface area (Å²) in [6, 6.07) is 3.18. The molecule has 3 aliphatic rings. The summed E-state index contributed by atoms with van der Waals surface area (Å²) in [5.41, 5.74) is 11.7. The van der Waals surface area contributed by atoms with E-state index in [1.165, 1.54) is 18.7 Å². The molecular weight excluding hydrogens is 720 g/mol. The number of carbonyl (C=O) groups is 7. The minimum atomic E-state index is -1.10. The number of carbonyl (C=O) groups excluding carboxylic acids is 7. The van der Waals surface area contributed by atoms with Gasteiger partial charge in [0.05, 0.1) is 0 Å². The van der Waals surface area contributed by atoms with Crippen LogP contribution in [0.2, 0.25) is 0 Å². The smallest absolute Gasteiger partial charge is 0.245 e. The molecule has 10 N–H and O–H groups in total. The minimum absolute atomic E-state index is 0.0942. The van der Waals surface area contributed by atoms with Gasteiger partial charge in [-0.05, 0) is 63.4 Å². The predicted molar refractivity (Wildman–Crippen MR) is 209 cm³/mol. The summed E-state index contributed by atoms with van der Waals surface area (Å²) in [6.45, 7) is 3.40. The molecule has 6 atom stereocenters. The number of fused-ring (bicyclic) bond motifs is 1. The van der Waals surface area contributed by atoms with Crippen LogP contribution in [0.5, 0.6) is 0 Å².